The van der Waals surface area contributed by atoms with Crippen molar-refractivity contribution in [2.45, 2.75) is 33.2 Å². The Kier molecular flexibility index (Phi) is 4.43. The minimum Gasteiger partial charge on any atom is -0.494 e. The zero-order valence-electron chi connectivity index (χ0n) is 12.0. The van der Waals surface area contributed by atoms with E-state index in [1.807, 2.05) is 13.0 Å². The Morgan fingerprint density at radius 3 is 2.53 bits per heavy atom. The first-order valence-corrected chi connectivity index (χ1v) is 7.03. The van der Waals surface area contributed by atoms with Crippen molar-refractivity contribution < 1.29 is 4.74 Å². The highest BCUT2D eigenvalue weighted by atomic mass is 16.5. The van der Waals surface area contributed by atoms with Crippen LogP contribution in [0.2, 0.25) is 0 Å². The largest absolute Gasteiger partial charge is 0.494 e. The summed E-state index contributed by atoms with van der Waals surface area (Å²) in [6.07, 6.45) is 0.966. The molecule has 0 saturated carbocycles. The lowest BCUT2D eigenvalue weighted by Crippen LogP contribution is -2.15. The summed E-state index contributed by atoms with van der Waals surface area (Å²) in [5.41, 5.74) is 7.56. The number of hydrogen-bond donors (Lipinski definition) is 1. The van der Waals surface area contributed by atoms with E-state index >= 15 is 0 Å². The molecule has 0 bridgehead atoms. The molecule has 2 heteroatoms. The first-order valence-electron chi connectivity index (χ1n) is 7.03. The van der Waals surface area contributed by atoms with Gasteiger partial charge < -0.3 is 10.5 Å². The Morgan fingerprint density at radius 2 is 1.84 bits per heavy atom. The number of fused-ring (bicyclic) bond motifs is 1. The van der Waals surface area contributed by atoms with E-state index in [1.165, 1.54) is 10.8 Å². The number of ether oxygens (including phenoxy) is 1. The van der Waals surface area contributed by atoms with E-state index in [1.54, 1.807) is 0 Å². The zero-order valence-corrected chi connectivity index (χ0v) is 12.0. The lowest BCUT2D eigenvalue weighted by Gasteiger charge is -2.20. The number of nitrogens with two attached hydrogens (primary N) is 1. The summed E-state index contributed by atoms with van der Waals surface area (Å²) in [4.78, 5) is 0. The second-order valence-corrected chi connectivity index (χ2v) is 5.37. The first-order chi connectivity index (χ1) is 9.13. The molecular formula is C17H23NO. The van der Waals surface area contributed by atoms with Crippen molar-refractivity contribution in [3.8, 4) is 5.75 Å². The Bertz CT molecular complexity index is 548. The van der Waals surface area contributed by atoms with Crippen LogP contribution < -0.4 is 10.5 Å². The van der Waals surface area contributed by atoms with Crippen LogP contribution in [0.4, 0.5) is 0 Å². The van der Waals surface area contributed by atoms with Crippen LogP contribution in [0.3, 0.4) is 0 Å². The average molecular weight is 257 g/mol. The van der Waals surface area contributed by atoms with Gasteiger partial charge in [-0.15, -0.1) is 0 Å². The van der Waals surface area contributed by atoms with E-state index in [9.17, 15) is 0 Å². The van der Waals surface area contributed by atoms with Crippen molar-refractivity contribution in [3.63, 3.8) is 0 Å². The van der Waals surface area contributed by atoms with Crippen molar-refractivity contribution in [3.05, 3.63) is 42.0 Å². The smallest absolute Gasteiger partial charge is 0.124 e. The Morgan fingerprint density at radius 1 is 1.11 bits per heavy atom. The minimum atomic E-state index is 0.0210. The van der Waals surface area contributed by atoms with Crippen LogP contribution in [0.1, 0.15) is 38.8 Å². The molecule has 19 heavy (non-hydrogen) atoms. The van der Waals surface area contributed by atoms with Gasteiger partial charge in [0.15, 0.2) is 0 Å². The maximum absolute atomic E-state index is 6.41. The Hall–Kier alpha value is -1.54. The Labute approximate surface area is 115 Å². The van der Waals surface area contributed by atoms with Crippen LogP contribution in [0.25, 0.3) is 10.8 Å². The summed E-state index contributed by atoms with van der Waals surface area (Å²) < 4.78 is 5.77. The normalized spacial score (nSPS) is 12.9. The van der Waals surface area contributed by atoms with Gasteiger partial charge in [0.1, 0.15) is 5.75 Å². The number of benzene rings is 2. The predicted octanol–water partition coefficient (Wildman–Crippen LogP) is 4.28. The second-order valence-electron chi connectivity index (χ2n) is 5.37. The standard InChI is InChI=1S/C17H23NO/c1-4-19-16-10-9-13-7-5-6-8-14(13)17(16)15(18)11-12(2)3/h5-10,12,15H,4,11,18H2,1-3H3/t15-/m0/s1. The molecule has 0 amide bonds. The van der Waals surface area contributed by atoms with E-state index in [-0.39, 0.29) is 6.04 Å². The molecule has 0 aliphatic rings. The van der Waals surface area contributed by atoms with Crippen LogP contribution in [0.15, 0.2) is 36.4 Å². The van der Waals surface area contributed by atoms with Crippen molar-refractivity contribution in [1.82, 2.24) is 0 Å². The SMILES string of the molecule is CCOc1ccc2ccccc2c1[C@@H](N)CC(C)C. The maximum Gasteiger partial charge on any atom is 0.124 e. The molecule has 102 valence electrons. The molecule has 2 aromatic carbocycles. The van der Waals surface area contributed by atoms with Crippen molar-refractivity contribution in [2.75, 3.05) is 6.61 Å². The summed E-state index contributed by atoms with van der Waals surface area (Å²) in [5, 5.41) is 2.43. The van der Waals surface area contributed by atoms with Gasteiger partial charge in [0.25, 0.3) is 0 Å². The van der Waals surface area contributed by atoms with Gasteiger partial charge in [-0.1, -0.05) is 44.2 Å². The average Bonchev–Trinajstić information content (AvgIpc) is 2.37. The van der Waals surface area contributed by atoms with Crippen molar-refractivity contribution in [1.29, 1.82) is 0 Å². The summed E-state index contributed by atoms with van der Waals surface area (Å²) in [6.45, 7) is 7.07. The third kappa shape index (κ3) is 3.07. The third-order valence-corrected chi connectivity index (χ3v) is 3.33. The van der Waals surface area contributed by atoms with E-state index < -0.39 is 0 Å². The van der Waals surface area contributed by atoms with Crippen molar-refractivity contribution >= 4 is 10.8 Å². The van der Waals surface area contributed by atoms with Gasteiger partial charge in [-0.25, -0.2) is 0 Å². The fourth-order valence-corrected chi connectivity index (χ4v) is 2.57. The molecule has 0 fully saturated rings. The maximum atomic E-state index is 6.41. The quantitative estimate of drug-likeness (QED) is 0.867. The molecular weight excluding hydrogens is 234 g/mol. The summed E-state index contributed by atoms with van der Waals surface area (Å²) in [5.74, 6) is 1.50. The summed E-state index contributed by atoms with van der Waals surface area (Å²) in [7, 11) is 0. The predicted molar refractivity (Wildman–Crippen MR) is 81.5 cm³/mol. The molecule has 0 saturated heterocycles. The molecule has 0 unspecified atom stereocenters. The zero-order chi connectivity index (χ0) is 13.8. The highest BCUT2D eigenvalue weighted by Crippen LogP contribution is 2.34. The molecule has 2 N–H and O–H groups in total. The molecule has 0 aliphatic heterocycles. The van der Waals surface area contributed by atoms with Gasteiger partial charge in [-0.05, 0) is 36.1 Å². The summed E-state index contributed by atoms with van der Waals surface area (Å²) >= 11 is 0. The second kappa shape index (κ2) is 6.07. The first kappa shape index (κ1) is 13.9. The fourth-order valence-electron chi connectivity index (χ4n) is 2.57. The van der Waals surface area contributed by atoms with Gasteiger partial charge in [-0.3, -0.25) is 0 Å². The molecule has 2 nitrogen and oxygen atoms in total. The van der Waals surface area contributed by atoms with E-state index in [0.29, 0.717) is 12.5 Å². The lowest BCUT2D eigenvalue weighted by atomic mass is 9.92. The van der Waals surface area contributed by atoms with E-state index in [2.05, 4.69) is 44.2 Å². The molecule has 0 radical (unpaired) electrons. The Balaban J connectivity index is 2.54. The molecule has 2 rings (SSSR count). The highest BCUT2D eigenvalue weighted by Gasteiger charge is 2.16. The van der Waals surface area contributed by atoms with Crippen LogP contribution in [0, 0.1) is 5.92 Å². The van der Waals surface area contributed by atoms with Gasteiger partial charge in [-0.2, -0.15) is 0 Å². The fraction of sp³-hybridized carbons (Fsp3) is 0.412. The topological polar surface area (TPSA) is 35.2 Å². The highest BCUT2D eigenvalue weighted by molar-refractivity contribution is 5.88. The van der Waals surface area contributed by atoms with Crippen LogP contribution in [-0.4, -0.2) is 6.61 Å². The van der Waals surface area contributed by atoms with Gasteiger partial charge >= 0.3 is 0 Å². The molecule has 0 aromatic heterocycles. The molecule has 2 aromatic rings. The molecule has 0 aliphatic carbocycles. The van der Waals surface area contributed by atoms with Crippen LogP contribution in [0.5, 0.6) is 5.75 Å². The van der Waals surface area contributed by atoms with Crippen LogP contribution in [-0.2, 0) is 0 Å². The van der Waals surface area contributed by atoms with E-state index in [4.69, 9.17) is 10.5 Å². The molecule has 0 heterocycles. The lowest BCUT2D eigenvalue weighted by molar-refractivity contribution is 0.333. The van der Waals surface area contributed by atoms with Gasteiger partial charge in [0.2, 0.25) is 0 Å². The molecule has 0 spiro atoms. The third-order valence-electron chi connectivity index (χ3n) is 3.33. The monoisotopic (exact) mass is 257 g/mol. The summed E-state index contributed by atoms with van der Waals surface area (Å²) in [6, 6.07) is 12.5. The van der Waals surface area contributed by atoms with Gasteiger partial charge in [0.05, 0.1) is 6.61 Å². The number of hydrogen-bond acceptors (Lipinski definition) is 2. The molecule has 1 atom stereocenters. The minimum absolute atomic E-state index is 0.0210. The van der Waals surface area contributed by atoms with E-state index in [0.717, 1.165) is 17.7 Å². The van der Waals surface area contributed by atoms with Gasteiger partial charge in [0, 0.05) is 11.6 Å². The van der Waals surface area contributed by atoms with Crippen molar-refractivity contribution in [2.24, 2.45) is 11.7 Å². The number of rotatable bonds is 5. The van der Waals surface area contributed by atoms with Crippen LogP contribution >= 0.6 is 0 Å².